The summed E-state index contributed by atoms with van der Waals surface area (Å²) in [6.45, 7) is 0. The van der Waals surface area contributed by atoms with Gasteiger partial charge in [-0.25, -0.2) is 0 Å². The molecule has 8 aromatic rings. The third kappa shape index (κ3) is 3.40. The summed E-state index contributed by atoms with van der Waals surface area (Å²) in [5.74, 6) is 0. The molecule has 194 valence electrons. The molecule has 0 bridgehead atoms. The Labute approximate surface area is 242 Å². The van der Waals surface area contributed by atoms with E-state index < -0.39 is 0 Å². The number of hydrogen-bond donors (Lipinski definition) is 0. The maximum Gasteiger partial charge on any atom is 0.0998 e. The van der Waals surface area contributed by atoms with Crippen LogP contribution < -0.4 is 0 Å². The quantitative estimate of drug-likeness (QED) is 0.227. The SMILES string of the molecule is N#Cc1cccc(C#N)c1-c1ccc2c(c1)c1ccccc1n2-c1cccc(-n2c3ccccc3c3ccccc32)c1. The van der Waals surface area contributed by atoms with Crippen LogP contribution in [0.4, 0.5) is 0 Å². The number of benzene rings is 6. The van der Waals surface area contributed by atoms with Crippen LogP contribution in [0.2, 0.25) is 0 Å². The van der Waals surface area contributed by atoms with Crippen molar-refractivity contribution in [3.8, 4) is 34.6 Å². The Hall–Kier alpha value is -6.10. The van der Waals surface area contributed by atoms with Gasteiger partial charge in [0.2, 0.25) is 0 Å². The van der Waals surface area contributed by atoms with E-state index in [1.807, 2.05) is 6.07 Å². The van der Waals surface area contributed by atoms with Crippen molar-refractivity contribution < 1.29 is 0 Å². The summed E-state index contributed by atoms with van der Waals surface area (Å²) in [5.41, 5.74) is 9.18. The molecule has 0 atom stereocenters. The number of rotatable bonds is 3. The normalized spacial score (nSPS) is 11.3. The Morgan fingerprint density at radius 1 is 0.405 bits per heavy atom. The van der Waals surface area contributed by atoms with Gasteiger partial charge in [0.1, 0.15) is 0 Å². The van der Waals surface area contributed by atoms with Crippen LogP contribution in [0.25, 0.3) is 66.1 Å². The highest BCUT2D eigenvalue weighted by Crippen LogP contribution is 2.38. The van der Waals surface area contributed by atoms with Gasteiger partial charge in [0, 0.05) is 38.5 Å². The maximum atomic E-state index is 9.81. The number of nitriles is 2. The van der Waals surface area contributed by atoms with Crippen molar-refractivity contribution in [3.05, 3.63) is 145 Å². The first-order chi connectivity index (χ1) is 20.8. The van der Waals surface area contributed by atoms with Gasteiger partial charge in [-0.2, -0.15) is 10.5 Å². The average molecular weight is 535 g/mol. The lowest BCUT2D eigenvalue weighted by atomic mass is 9.94. The lowest BCUT2D eigenvalue weighted by molar-refractivity contribution is 1.13. The van der Waals surface area contributed by atoms with Crippen LogP contribution in [0.15, 0.2) is 133 Å². The molecule has 0 unspecified atom stereocenters. The Balaban J connectivity index is 1.38. The lowest BCUT2D eigenvalue weighted by Crippen LogP contribution is -1.98. The number of nitrogens with zero attached hydrogens (tertiary/aromatic N) is 4. The molecule has 8 rings (SSSR count). The fourth-order valence-corrected chi connectivity index (χ4v) is 6.43. The van der Waals surface area contributed by atoms with Crippen molar-refractivity contribution in [1.29, 1.82) is 10.5 Å². The molecule has 0 radical (unpaired) electrons. The molecular formula is C38H22N4. The van der Waals surface area contributed by atoms with E-state index in [4.69, 9.17) is 0 Å². The number of hydrogen-bond acceptors (Lipinski definition) is 2. The molecule has 0 saturated heterocycles. The molecule has 0 N–H and O–H groups in total. The van der Waals surface area contributed by atoms with E-state index in [0.29, 0.717) is 16.7 Å². The number of aromatic nitrogens is 2. The van der Waals surface area contributed by atoms with Crippen LogP contribution in [-0.2, 0) is 0 Å². The first-order valence-corrected chi connectivity index (χ1v) is 13.8. The molecule has 0 spiro atoms. The maximum absolute atomic E-state index is 9.81. The van der Waals surface area contributed by atoms with Crippen LogP contribution in [0, 0.1) is 22.7 Å². The predicted octanol–water partition coefficient (Wildman–Crippen LogP) is 9.29. The highest BCUT2D eigenvalue weighted by molar-refractivity contribution is 6.11. The second-order valence-electron chi connectivity index (χ2n) is 10.4. The summed E-state index contributed by atoms with van der Waals surface area (Å²) in [6.07, 6.45) is 0. The van der Waals surface area contributed by atoms with Crippen LogP contribution in [0.1, 0.15) is 11.1 Å². The highest BCUT2D eigenvalue weighted by Gasteiger charge is 2.17. The van der Waals surface area contributed by atoms with E-state index in [2.05, 4.69) is 130 Å². The Kier molecular flexibility index (Phi) is 5.22. The van der Waals surface area contributed by atoms with Crippen molar-refractivity contribution in [3.63, 3.8) is 0 Å². The van der Waals surface area contributed by atoms with Crippen molar-refractivity contribution in [2.75, 3.05) is 0 Å². The molecule has 0 aliphatic heterocycles. The first-order valence-electron chi connectivity index (χ1n) is 13.8. The Bertz CT molecular complexity index is 2360. The third-order valence-corrected chi connectivity index (χ3v) is 8.19. The average Bonchev–Trinajstić information content (AvgIpc) is 3.57. The van der Waals surface area contributed by atoms with Gasteiger partial charge >= 0.3 is 0 Å². The summed E-state index contributed by atoms with van der Waals surface area (Å²) in [7, 11) is 0. The van der Waals surface area contributed by atoms with Gasteiger partial charge in [-0.3, -0.25) is 0 Å². The zero-order valence-electron chi connectivity index (χ0n) is 22.5. The van der Waals surface area contributed by atoms with Crippen LogP contribution in [-0.4, -0.2) is 9.13 Å². The van der Waals surface area contributed by atoms with Gasteiger partial charge in [-0.15, -0.1) is 0 Å². The summed E-state index contributed by atoms with van der Waals surface area (Å²) < 4.78 is 4.63. The standard InChI is InChI=1S/C38H22N4/c39-23-26-9-7-10-27(24-40)38(26)25-19-20-37-33(21-25)32-15-3-6-18-36(32)42(37)29-12-8-11-28(22-29)41-34-16-4-1-13-30(34)31-14-2-5-17-35(31)41/h1-22H. The summed E-state index contributed by atoms with van der Waals surface area (Å²) in [5, 5.41) is 24.3. The van der Waals surface area contributed by atoms with Crippen LogP contribution >= 0.6 is 0 Å². The van der Waals surface area contributed by atoms with Crippen LogP contribution in [0.3, 0.4) is 0 Å². The molecule has 6 aromatic carbocycles. The molecule has 0 fully saturated rings. The van der Waals surface area contributed by atoms with Crippen LogP contribution in [0.5, 0.6) is 0 Å². The second kappa shape index (κ2) is 9.24. The Morgan fingerprint density at radius 3 is 1.38 bits per heavy atom. The highest BCUT2D eigenvalue weighted by atomic mass is 15.0. The predicted molar refractivity (Wildman–Crippen MR) is 170 cm³/mol. The minimum absolute atomic E-state index is 0.496. The third-order valence-electron chi connectivity index (χ3n) is 8.19. The second-order valence-corrected chi connectivity index (χ2v) is 10.4. The van der Waals surface area contributed by atoms with Gasteiger partial charge in [0.25, 0.3) is 0 Å². The number of para-hydroxylation sites is 3. The molecule has 2 heterocycles. The van der Waals surface area contributed by atoms with E-state index in [0.717, 1.165) is 38.7 Å². The lowest BCUT2D eigenvalue weighted by Gasteiger charge is -2.13. The van der Waals surface area contributed by atoms with Crippen molar-refractivity contribution >= 4 is 43.6 Å². The molecule has 4 nitrogen and oxygen atoms in total. The zero-order chi connectivity index (χ0) is 28.2. The van der Waals surface area contributed by atoms with Gasteiger partial charge < -0.3 is 9.13 Å². The summed E-state index contributed by atoms with van der Waals surface area (Å²) in [6, 6.07) is 50.2. The molecule has 4 heteroatoms. The van der Waals surface area contributed by atoms with Gasteiger partial charge in [-0.05, 0) is 66.2 Å². The van der Waals surface area contributed by atoms with Gasteiger partial charge in [-0.1, -0.05) is 72.8 Å². The molecule has 0 saturated carbocycles. The van der Waals surface area contributed by atoms with Crippen molar-refractivity contribution in [2.24, 2.45) is 0 Å². The van der Waals surface area contributed by atoms with E-state index >= 15 is 0 Å². The molecule has 0 aliphatic carbocycles. The fourth-order valence-electron chi connectivity index (χ4n) is 6.43. The minimum atomic E-state index is 0.496. The fraction of sp³-hybridized carbons (Fsp3) is 0. The smallest absolute Gasteiger partial charge is 0.0998 e. The molecular weight excluding hydrogens is 512 g/mol. The van der Waals surface area contributed by atoms with E-state index in [9.17, 15) is 10.5 Å². The van der Waals surface area contributed by atoms with E-state index in [1.54, 1.807) is 18.2 Å². The largest absolute Gasteiger partial charge is 0.309 e. The summed E-state index contributed by atoms with van der Waals surface area (Å²) in [4.78, 5) is 0. The Morgan fingerprint density at radius 2 is 0.857 bits per heavy atom. The van der Waals surface area contributed by atoms with E-state index in [-0.39, 0.29) is 0 Å². The van der Waals surface area contributed by atoms with Crippen molar-refractivity contribution in [1.82, 2.24) is 9.13 Å². The topological polar surface area (TPSA) is 57.4 Å². The number of fused-ring (bicyclic) bond motifs is 6. The minimum Gasteiger partial charge on any atom is -0.309 e. The molecule has 0 aliphatic rings. The van der Waals surface area contributed by atoms with Gasteiger partial charge in [0.15, 0.2) is 0 Å². The van der Waals surface area contributed by atoms with E-state index in [1.165, 1.54) is 21.8 Å². The van der Waals surface area contributed by atoms with Gasteiger partial charge in [0.05, 0.1) is 45.3 Å². The monoisotopic (exact) mass is 534 g/mol. The summed E-state index contributed by atoms with van der Waals surface area (Å²) >= 11 is 0. The van der Waals surface area contributed by atoms with Crippen molar-refractivity contribution in [2.45, 2.75) is 0 Å². The zero-order valence-corrected chi connectivity index (χ0v) is 22.5. The molecule has 42 heavy (non-hydrogen) atoms. The first kappa shape index (κ1) is 23.8. The molecule has 0 amide bonds. The molecule has 2 aromatic heterocycles.